The molecule has 2 N–H and O–H groups in total. The van der Waals surface area contributed by atoms with Crippen molar-refractivity contribution in [1.29, 1.82) is 0 Å². The molecule has 0 aliphatic carbocycles. The van der Waals surface area contributed by atoms with Crippen LogP contribution in [0.25, 0.3) is 0 Å². The Morgan fingerprint density at radius 1 is 1.57 bits per heavy atom. The zero-order chi connectivity index (χ0) is 10.4. The Morgan fingerprint density at radius 2 is 2.36 bits per heavy atom. The number of hydrogen-bond donors (Lipinski definition) is 2. The third-order valence-electron chi connectivity index (χ3n) is 2.13. The molecular formula is C10H17N3O. The first-order valence-corrected chi connectivity index (χ1v) is 4.83. The van der Waals surface area contributed by atoms with Gasteiger partial charge in [-0.15, -0.1) is 0 Å². The van der Waals surface area contributed by atoms with Gasteiger partial charge in [-0.3, -0.25) is 4.79 Å². The predicted molar refractivity (Wildman–Crippen MR) is 55.9 cm³/mol. The first kappa shape index (κ1) is 10.8. The van der Waals surface area contributed by atoms with Crippen LogP contribution >= 0.6 is 0 Å². The molecule has 0 aliphatic heterocycles. The van der Waals surface area contributed by atoms with Gasteiger partial charge in [-0.1, -0.05) is 0 Å². The minimum Gasteiger partial charge on any atom is -0.358 e. The number of amides is 1. The van der Waals surface area contributed by atoms with E-state index in [1.54, 1.807) is 7.05 Å². The molecule has 0 aliphatic rings. The summed E-state index contributed by atoms with van der Waals surface area (Å²) in [6.07, 6.45) is 2.04. The normalized spacial score (nSPS) is 10.1. The van der Waals surface area contributed by atoms with Crippen molar-refractivity contribution < 1.29 is 4.79 Å². The minimum atomic E-state index is 0.0135. The first-order chi connectivity index (χ1) is 6.77. The maximum Gasteiger partial charge on any atom is 0.233 e. The third-order valence-corrected chi connectivity index (χ3v) is 2.13. The second kappa shape index (κ2) is 5.44. The summed E-state index contributed by atoms with van der Waals surface area (Å²) in [5, 5.41) is 5.65. The van der Waals surface area contributed by atoms with Crippen LogP contribution in [0.1, 0.15) is 12.6 Å². The molecule has 0 saturated heterocycles. The number of aryl methyl sites for hydroxylation is 1. The number of carbonyl (C=O) groups excluding carboxylic acids is 1. The van der Waals surface area contributed by atoms with Gasteiger partial charge in [-0.2, -0.15) is 0 Å². The van der Waals surface area contributed by atoms with E-state index in [4.69, 9.17) is 0 Å². The maximum absolute atomic E-state index is 10.9. The van der Waals surface area contributed by atoms with Gasteiger partial charge in [0.1, 0.15) is 0 Å². The van der Waals surface area contributed by atoms with Crippen LogP contribution in [-0.4, -0.2) is 24.1 Å². The zero-order valence-electron chi connectivity index (χ0n) is 8.71. The minimum absolute atomic E-state index is 0.0135. The SMILES string of the molecule is CCn1cccc1CNCC(=O)NC. The van der Waals surface area contributed by atoms with Crippen molar-refractivity contribution in [3.63, 3.8) is 0 Å². The van der Waals surface area contributed by atoms with Crippen LogP contribution in [0.2, 0.25) is 0 Å². The molecule has 1 heterocycles. The van der Waals surface area contributed by atoms with Gasteiger partial charge in [-0.05, 0) is 19.1 Å². The molecule has 1 aromatic rings. The quantitative estimate of drug-likeness (QED) is 0.712. The average molecular weight is 195 g/mol. The number of nitrogens with one attached hydrogen (secondary N) is 2. The molecule has 1 rings (SSSR count). The van der Waals surface area contributed by atoms with Crippen molar-refractivity contribution in [2.24, 2.45) is 0 Å². The number of carbonyl (C=O) groups is 1. The van der Waals surface area contributed by atoms with E-state index >= 15 is 0 Å². The summed E-state index contributed by atoms with van der Waals surface area (Å²) in [7, 11) is 1.64. The molecule has 1 aromatic heterocycles. The fourth-order valence-corrected chi connectivity index (χ4v) is 1.31. The summed E-state index contributed by atoms with van der Waals surface area (Å²) >= 11 is 0. The number of aromatic nitrogens is 1. The highest BCUT2D eigenvalue weighted by Crippen LogP contribution is 2.00. The topological polar surface area (TPSA) is 46.1 Å². The van der Waals surface area contributed by atoms with Crippen molar-refractivity contribution >= 4 is 5.91 Å². The van der Waals surface area contributed by atoms with Crippen LogP contribution in [0, 0.1) is 0 Å². The van der Waals surface area contributed by atoms with E-state index in [9.17, 15) is 4.79 Å². The molecule has 0 radical (unpaired) electrons. The fourth-order valence-electron chi connectivity index (χ4n) is 1.31. The van der Waals surface area contributed by atoms with E-state index < -0.39 is 0 Å². The van der Waals surface area contributed by atoms with Gasteiger partial charge < -0.3 is 15.2 Å². The number of hydrogen-bond acceptors (Lipinski definition) is 2. The van der Waals surface area contributed by atoms with Crippen LogP contribution in [0.5, 0.6) is 0 Å². The molecule has 0 saturated carbocycles. The van der Waals surface area contributed by atoms with Gasteiger partial charge >= 0.3 is 0 Å². The second-order valence-corrected chi connectivity index (χ2v) is 3.06. The Kier molecular flexibility index (Phi) is 4.19. The van der Waals surface area contributed by atoms with Crippen molar-refractivity contribution in [3.05, 3.63) is 24.0 Å². The summed E-state index contributed by atoms with van der Waals surface area (Å²) in [5.74, 6) is 0.0135. The number of likely N-dealkylation sites (N-methyl/N-ethyl adjacent to an activating group) is 1. The molecule has 4 heteroatoms. The molecule has 0 unspecified atom stereocenters. The van der Waals surface area contributed by atoms with Gasteiger partial charge in [0.25, 0.3) is 0 Å². The summed E-state index contributed by atoms with van der Waals surface area (Å²) < 4.78 is 2.15. The van der Waals surface area contributed by atoms with Gasteiger partial charge in [-0.25, -0.2) is 0 Å². The van der Waals surface area contributed by atoms with E-state index in [0.29, 0.717) is 6.54 Å². The highest BCUT2D eigenvalue weighted by Gasteiger charge is 2.00. The molecule has 0 spiro atoms. The molecular weight excluding hydrogens is 178 g/mol. The largest absolute Gasteiger partial charge is 0.358 e. The molecule has 1 amide bonds. The molecule has 0 fully saturated rings. The Labute approximate surface area is 84.3 Å². The van der Waals surface area contributed by atoms with Crippen LogP contribution in [0.3, 0.4) is 0 Å². The molecule has 0 atom stereocenters. The number of nitrogens with zero attached hydrogens (tertiary/aromatic N) is 1. The Balaban J connectivity index is 2.34. The van der Waals surface area contributed by atoms with Crippen molar-refractivity contribution in [3.8, 4) is 0 Å². The van der Waals surface area contributed by atoms with Crippen LogP contribution in [-0.2, 0) is 17.9 Å². The Bertz CT molecular complexity index is 293. The highest BCUT2D eigenvalue weighted by atomic mass is 16.1. The van der Waals surface area contributed by atoms with Gasteiger partial charge in [0.15, 0.2) is 0 Å². The standard InChI is InChI=1S/C10H17N3O/c1-3-13-6-4-5-9(13)7-12-8-10(14)11-2/h4-6,12H,3,7-8H2,1-2H3,(H,11,14). The molecule has 78 valence electrons. The van der Waals surface area contributed by atoms with E-state index in [0.717, 1.165) is 13.1 Å². The van der Waals surface area contributed by atoms with E-state index in [1.165, 1.54) is 5.69 Å². The van der Waals surface area contributed by atoms with E-state index in [-0.39, 0.29) is 5.91 Å². The van der Waals surface area contributed by atoms with Crippen LogP contribution < -0.4 is 10.6 Å². The lowest BCUT2D eigenvalue weighted by Crippen LogP contribution is -2.31. The van der Waals surface area contributed by atoms with E-state index in [1.807, 2.05) is 12.3 Å². The number of rotatable bonds is 5. The predicted octanol–water partition coefficient (Wildman–Crippen LogP) is 0.344. The fraction of sp³-hybridized carbons (Fsp3) is 0.500. The van der Waals surface area contributed by atoms with Crippen molar-refractivity contribution in [2.75, 3.05) is 13.6 Å². The summed E-state index contributed by atoms with van der Waals surface area (Å²) in [5.41, 5.74) is 1.21. The highest BCUT2D eigenvalue weighted by molar-refractivity contribution is 5.77. The smallest absolute Gasteiger partial charge is 0.233 e. The second-order valence-electron chi connectivity index (χ2n) is 3.06. The third kappa shape index (κ3) is 2.88. The summed E-state index contributed by atoms with van der Waals surface area (Å²) in [6.45, 7) is 4.16. The van der Waals surface area contributed by atoms with Gasteiger partial charge in [0, 0.05) is 32.0 Å². The Morgan fingerprint density at radius 3 is 3.00 bits per heavy atom. The average Bonchev–Trinajstić information content (AvgIpc) is 2.65. The van der Waals surface area contributed by atoms with Gasteiger partial charge in [0.05, 0.1) is 6.54 Å². The lowest BCUT2D eigenvalue weighted by molar-refractivity contribution is -0.119. The monoisotopic (exact) mass is 195 g/mol. The zero-order valence-corrected chi connectivity index (χ0v) is 8.71. The van der Waals surface area contributed by atoms with Crippen LogP contribution in [0.4, 0.5) is 0 Å². The summed E-state index contributed by atoms with van der Waals surface area (Å²) in [6, 6.07) is 4.07. The molecule has 0 aromatic carbocycles. The Hall–Kier alpha value is -1.29. The summed E-state index contributed by atoms with van der Waals surface area (Å²) in [4.78, 5) is 10.9. The molecule has 4 nitrogen and oxygen atoms in total. The lowest BCUT2D eigenvalue weighted by Gasteiger charge is -2.07. The van der Waals surface area contributed by atoms with Crippen LogP contribution in [0.15, 0.2) is 18.3 Å². The maximum atomic E-state index is 10.9. The lowest BCUT2D eigenvalue weighted by atomic mass is 10.4. The van der Waals surface area contributed by atoms with Gasteiger partial charge in [0.2, 0.25) is 5.91 Å². The molecule has 0 bridgehead atoms. The molecule has 14 heavy (non-hydrogen) atoms. The van der Waals surface area contributed by atoms with E-state index in [2.05, 4.69) is 28.2 Å². The van der Waals surface area contributed by atoms with Crippen molar-refractivity contribution in [1.82, 2.24) is 15.2 Å². The van der Waals surface area contributed by atoms with Crippen molar-refractivity contribution in [2.45, 2.75) is 20.0 Å². The first-order valence-electron chi connectivity index (χ1n) is 4.83.